The summed E-state index contributed by atoms with van der Waals surface area (Å²) in [5.74, 6) is -1.06. The van der Waals surface area contributed by atoms with E-state index < -0.39 is 10.9 Å². The van der Waals surface area contributed by atoms with Crippen LogP contribution in [0, 0.1) is 27.9 Å². The zero-order chi connectivity index (χ0) is 21.4. The van der Waals surface area contributed by atoms with E-state index in [0.29, 0.717) is 24.4 Å². The summed E-state index contributed by atoms with van der Waals surface area (Å²) in [6.07, 6.45) is 2.35. The van der Waals surface area contributed by atoms with Crippen molar-refractivity contribution in [1.82, 2.24) is 0 Å². The number of ether oxygens (including phenoxy) is 1. The fraction of sp³-hybridized carbons (Fsp3) is 0.318. The summed E-state index contributed by atoms with van der Waals surface area (Å²) in [6.45, 7) is 2.09. The maximum absolute atomic E-state index is 12.9. The standard InChI is InChI=1S/C22H20N2O6/c1-13-5-10-18-19(11-13)21(26)23(20(18)25)16-3-2-4-17(12-16)30-22(27)14-6-8-15(9-7-14)24(28)29/h2-4,6-9,12-13,18-19H,5,10-11H2,1H3. The maximum atomic E-state index is 12.9. The molecule has 1 aliphatic heterocycles. The molecule has 0 N–H and O–H groups in total. The number of non-ortho nitro benzene ring substituents is 1. The Morgan fingerprint density at radius 3 is 2.47 bits per heavy atom. The monoisotopic (exact) mass is 408 g/mol. The van der Waals surface area contributed by atoms with Gasteiger partial charge in [0.25, 0.3) is 5.69 Å². The number of fused-ring (bicyclic) bond motifs is 1. The Balaban J connectivity index is 1.53. The first-order valence-electron chi connectivity index (χ1n) is 9.79. The molecule has 8 heteroatoms. The molecule has 3 atom stereocenters. The van der Waals surface area contributed by atoms with Crippen LogP contribution >= 0.6 is 0 Å². The van der Waals surface area contributed by atoms with Crippen LogP contribution in [0.1, 0.15) is 36.5 Å². The molecule has 154 valence electrons. The van der Waals surface area contributed by atoms with E-state index in [9.17, 15) is 24.5 Å². The van der Waals surface area contributed by atoms with E-state index in [1.54, 1.807) is 18.2 Å². The van der Waals surface area contributed by atoms with Gasteiger partial charge in [0.05, 0.1) is 28.0 Å². The van der Waals surface area contributed by atoms with Gasteiger partial charge in [0.15, 0.2) is 0 Å². The Kier molecular flexibility index (Phi) is 5.07. The minimum atomic E-state index is -0.691. The maximum Gasteiger partial charge on any atom is 0.343 e. The van der Waals surface area contributed by atoms with Crippen LogP contribution in [0.25, 0.3) is 0 Å². The number of hydrogen-bond donors (Lipinski definition) is 0. The molecule has 0 bridgehead atoms. The molecule has 0 spiro atoms. The lowest BCUT2D eigenvalue weighted by atomic mass is 9.76. The van der Waals surface area contributed by atoms with Gasteiger partial charge in [-0.25, -0.2) is 9.69 Å². The number of carbonyl (C=O) groups is 3. The highest BCUT2D eigenvalue weighted by Crippen LogP contribution is 2.42. The molecule has 2 aromatic carbocycles. The van der Waals surface area contributed by atoms with E-state index in [2.05, 4.69) is 6.92 Å². The first kappa shape index (κ1) is 19.8. The molecule has 2 amide bonds. The molecule has 1 saturated heterocycles. The van der Waals surface area contributed by atoms with Crippen LogP contribution in [0.5, 0.6) is 5.75 Å². The number of rotatable bonds is 4. The molecule has 8 nitrogen and oxygen atoms in total. The van der Waals surface area contributed by atoms with Crippen LogP contribution in [0.15, 0.2) is 48.5 Å². The second-order valence-electron chi connectivity index (χ2n) is 7.83. The topological polar surface area (TPSA) is 107 Å². The van der Waals surface area contributed by atoms with Crippen molar-refractivity contribution < 1.29 is 24.0 Å². The van der Waals surface area contributed by atoms with Gasteiger partial charge in [-0.1, -0.05) is 13.0 Å². The largest absolute Gasteiger partial charge is 0.423 e. The summed E-state index contributed by atoms with van der Waals surface area (Å²) < 4.78 is 5.35. The van der Waals surface area contributed by atoms with Gasteiger partial charge in [-0.3, -0.25) is 19.7 Å². The van der Waals surface area contributed by atoms with Gasteiger partial charge < -0.3 is 4.74 Å². The summed E-state index contributed by atoms with van der Waals surface area (Å²) in [4.78, 5) is 49.5. The van der Waals surface area contributed by atoms with E-state index in [4.69, 9.17) is 4.74 Å². The number of nitro groups is 1. The second kappa shape index (κ2) is 7.70. The second-order valence-corrected chi connectivity index (χ2v) is 7.83. The van der Waals surface area contributed by atoms with Crippen LogP contribution < -0.4 is 9.64 Å². The first-order chi connectivity index (χ1) is 14.3. The molecular weight excluding hydrogens is 388 g/mol. The van der Waals surface area contributed by atoms with Gasteiger partial charge in [-0.15, -0.1) is 0 Å². The van der Waals surface area contributed by atoms with Crippen molar-refractivity contribution in [2.24, 2.45) is 17.8 Å². The van der Waals surface area contributed by atoms with Crippen molar-refractivity contribution in [3.05, 3.63) is 64.2 Å². The average molecular weight is 408 g/mol. The molecule has 30 heavy (non-hydrogen) atoms. The predicted octanol–water partition coefficient (Wildman–Crippen LogP) is 3.74. The van der Waals surface area contributed by atoms with E-state index >= 15 is 0 Å². The third kappa shape index (κ3) is 3.56. The summed E-state index contributed by atoms with van der Waals surface area (Å²) in [7, 11) is 0. The van der Waals surface area contributed by atoms with Crippen LogP contribution in [-0.4, -0.2) is 22.7 Å². The molecule has 1 saturated carbocycles. The zero-order valence-corrected chi connectivity index (χ0v) is 16.3. The van der Waals surface area contributed by atoms with Gasteiger partial charge in [0.1, 0.15) is 5.75 Å². The number of carbonyl (C=O) groups excluding carboxylic acids is 3. The Bertz CT molecular complexity index is 1030. The number of imide groups is 1. The van der Waals surface area contributed by atoms with Crippen molar-refractivity contribution in [2.45, 2.75) is 26.2 Å². The van der Waals surface area contributed by atoms with Crippen LogP contribution in [0.2, 0.25) is 0 Å². The fourth-order valence-corrected chi connectivity index (χ4v) is 4.22. The van der Waals surface area contributed by atoms with Gasteiger partial charge >= 0.3 is 5.97 Å². The number of anilines is 1. The molecule has 1 aliphatic carbocycles. The highest BCUT2D eigenvalue weighted by molar-refractivity contribution is 6.22. The summed E-state index contributed by atoms with van der Waals surface area (Å²) in [6, 6.07) is 11.3. The van der Waals surface area contributed by atoms with Crippen molar-refractivity contribution in [3.63, 3.8) is 0 Å². The third-order valence-electron chi connectivity index (χ3n) is 5.79. The molecule has 2 aliphatic rings. The molecule has 0 radical (unpaired) electrons. The SMILES string of the molecule is CC1CCC2C(=O)N(c3cccc(OC(=O)c4ccc([N+](=O)[O-])cc4)c3)C(=O)C2C1. The van der Waals surface area contributed by atoms with Crippen LogP contribution in [0.4, 0.5) is 11.4 Å². The van der Waals surface area contributed by atoms with Crippen molar-refractivity contribution in [3.8, 4) is 5.75 Å². The fourth-order valence-electron chi connectivity index (χ4n) is 4.22. The minimum absolute atomic E-state index is 0.129. The molecular formula is C22H20N2O6. The lowest BCUT2D eigenvalue weighted by Gasteiger charge is -2.25. The Morgan fingerprint density at radius 1 is 1.07 bits per heavy atom. The Hall–Kier alpha value is -3.55. The number of hydrogen-bond acceptors (Lipinski definition) is 6. The smallest absolute Gasteiger partial charge is 0.343 e. The number of nitrogens with zero attached hydrogens (tertiary/aromatic N) is 2. The molecule has 0 aromatic heterocycles. The molecule has 1 heterocycles. The first-order valence-corrected chi connectivity index (χ1v) is 9.79. The molecule has 4 rings (SSSR count). The number of amides is 2. The quantitative estimate of drug-likeness (QED) is 0.251. The zero-order valence-electron chi connectivity index (χ0n) is 16.3. The van der Waals surface area contributed by atoms with Crippen molar-refractivity contribution >= 4 is 29.2 Å². The average Bonchev–Trinajstić information content (AvgIpc) is 2.98. The molecule has 2 fully saturated rings. The lowest BCUT2D eigenvalue weighted by Crippen LogP contribution is -2.30. The molecule has 2 aromatic rings. The summed E-state index contributed by atoms with van der Waals surface area (Å²) >= 11 is 0. The van der Waals surface area contributed by atoms with E-state index in [-0.39, 0.29) is 40.7 Å². The van der Waals surface area contributed by atoms with E-state index in [1.807, 2.05) is 0 Å². The number of benzene rings is 2. The minimum Gasteiger partial charge on any atom is -0.423 e. The summed E-state index contributed by atoms with van der Waals surface area (Å²) in [5, 5.41) is 10.7. The normalized spacial score (nSPS) is 23.2. The van der Waals surface area contributed by atoms with Gasteiger partial charge in [0, 0.05) is 18.2 Å². The van der Waals surface area contributed by atoms with Gasteiger partial charge in [-0.2, -0.15) is 0 Å². The Morgan fingerprint density at radius 2 is 1.77 bits per heavy atom. The highest BCUT2D eigenvalue weighted by atomic mass is 16.6. The highest BCUT2D eigenvalue weighted by Gasteiger charge is 2.50. The number of nitro benzene ring substituents is 1. The van der Waals surface area contributed by atoms with E-state index in [0.717, 1.165) is 6.42 Å². The van der Waals surface area contributed by atoms with Crippen LogP contribution in [0.3, 0.4) is 0 Å². The van der Waals surface area contributed by atoms with Gasteiger partial charge in [-0.05, 0) is 49.4 Å². The van der Waals surface area contributed by atoms with Gasteiger partial charge in [0.2, 0.25) is 11.8 Å². The predicted molar refractivity (Wildman–Crippen MR) is 107 cm³/mol. The molecule has 3 unspecified atom stereocenters. The third-order valence-corrected chi connectivity index (χ3v) is 5.79. The lowest BCUT2D eigenvalue weighted by molar-refractivity contribution is -0.384. The van der Waals surface area contributed by atoms with Crippen molar-refractivity contribution in [2.75, 3.05) is 4.90 Å². The number of esters is 1. The Labute approximate surface area is 172 Å². The van der Waals surface area contributed by atoms with E-state index in [1.165, 1.54) is 35.2 Å². The van der Waals surface area contributed by atoms with Crippen LogP contribution in [-0.2, 0) is 9.59 Å². The summed E-state index contributed by atoms with van der Waals surface area (Å²) in [5.41, 5.74) is 0.399. The van der Waals surface area contributed by atoms with Crippen molar-refractivity contribution in [1.29, 1.82) is 0 Å².